The third-order valence-corrected chi connectivity index (χ3v) is 1.72. The van der Waals surface area contributed by atoms with Gasteiger partial charge in [-0.3, -0.25) is 10.1 Å². The second-order valence-corrected chi connectivity index (χ2v) is 2.94. The predicted molar refractivity (Wildman–Crippen MR) is 48.9 cm³/mol. The van der Waals surface area contributed by atoms with Crippen molar-refractivity contribution in [2.75, 3.05) is 7.11 Å². The van der Waals surface area contributed by atoms with E-state index < -0.39 is 28.7 Å². The monoisotopic (exact) mass is 252 g/mol. The number of hydrogen-bond donors (Lipinski definition) is 0. The summed E-state index contributed by atoms with van der Waals surface area (Å²) in [5.41, 5.74) is -0.644. The molecular weight excluding hydrogens is 245 g/mol. The van der Waals surface area contributed by atoms with Gasteiger partial charge in [-0.2, -0.15) is 4.98 Å². The smallest absolute Gasteiger partial charge is 0.476 e. The lowest BCUT2D eigenvalue weighted by molar-refractivity contribution is -0.386. The maximum atomic E-state index is 12.0. The van der Waals surface area contributed by atoms with Crippen LogP contribution in [0, 0.1) is 17.0 Å². The van der Waals surface area contributed by atoms with Crippen molar-refractivity contribution in [3.05, 3.63) is 21.7 Å². The van der Waals surface area contributed by atoms with Crippen molar-refractivity contribution in [1.29, 1.82) is 0 Å². The lowest BCUT2D eigenvalue weighted by Crippen LogP contribution is -2.19. The molecule has 1 rings (SSSR count). The normalized spacial score (nSPS) is 11.1. The van der Waals surface area contributed by atoms with Gasteiger partial charge in [-0.25, -0.2) is 0 Å². The third-order valence-electron chi connectivity index (χ3n) is 1.72. The molecule has 94 valence electrons. The van der Waals surface area contributed by atoms with Crippen molar-refractivity contribution in [2.24, 2.45) is 0 Å². The number of ether oxygens (including phenoxy) is 2. The molecule has 0 aliphatic heterocycles. The van der Waals surface area contributed by atoms with Crippen LogP contribution >= 0.6 is 0 Å². The van der Waals surface area contributed by atoms with E-state index in [0.29, 0.717) is 0 Å². The Morgan fingerprint density at radius 2 is 2.00 bits per heavy atom. The van der Waals surface area contributed by atoms with Crippen LogP contribution in [-0.4, -0.2) is 23.4 Å². The Bertz CT molecular complexity index is 447. The minimum absolute atomic E-state index is 0.116. The molecule has 0 saturated carbocycles. The number of rotatable bonds is 3. The van der Waals surface area contributed by atoms with Gasteiger partial charge in [0.1, 0.15) is 0 Å². The van der Waals surface area contributed by atoms with E-state index in [1.807, 2.05) is 0 Å². The summed E-state index contributed by atoms with van der Waals surface area (Å²) in [5.74, 6) is -1.32. The molecular formula is C8H7F3N2O4. The average Bonchev–Trinajstić information content (AvgIpc) is 2.18. The van der Waals surface area contributed by atoms with Crippen LogP contribution in [0.3, 0.4) is 0 Å². The third kappa shape index (κ3) is 3.20. The Labute approximate surface area is 93.1 Å². The number of nitro groups is 1. The number of methoxy groups -OCH3 is 1. The van der Waals surface area contributed by atoms with Gasteiger partial charge in [-0.15, -0.1) is 13.2 Å². The average molecular weight is 252 g/mol. The molecule has 0 unspecified atom stereocenters. The minimum atomic E-state index is -4.92. The van der Waals surface area contributed by atoms with Crippen LogP contribution in [0.5, 0.6) is 11.8 Å². The molecule has 1 heterocycles. The summed E-state index contributed by atoms with van der Waals surface area (Å²) >= 11 is 0. The summed E-state index contributed by atoms with van der Waals surface area (Å²) < 4.78 is 44.1. The molecule has 0 radical (unpaired) electrons. The topological polar surface area (TPSA) is 74.5 Å². The number of pyridine rings is 1. The van der Waals surface area contributed by atoms with Crippen molar-refractivity contribution in [2.45, 2.75) is 13.3 Å². The first kappa shape index (κ1) is 13.0. The molecule has 0 aliphatic rings. The van der Waals surface area contributed by atoms with Crippen molar-refractivity contribution >= 4 is 5.69 Å². The van der Waals surface area contributed by atoms with Gasteiger partial charge in [0.05, 0.1) is 12.0 Å². The largest absolute Gasteiger partial charge is 0.574 e. The Morgan fingerprint density at radius 3 is 2.41 bits per heavy atom. The van der Waals surface area contributed by atoms with Gasteiger partial charge < -0.3 is 9.47 Å². The Hall–Kier alpha value is -2.06. The highest BCUT2D eigenvalue weighted by molar-refractivity contribution is 5.47. The molecule has 1 aromatic heterocycles. The van der Waals surface area contributed by atoms with E-state index in [1.165, 1.54) is 6.92 Å². The summed E-state index contributed by atoms with van der Waals surface area (Å²) in [6, 6.07) is 0.896. The van der Waals surface area contributed by atoms with Gasteiger partial charge in [0, 0.05) is 11.6 Å². The van der Waals surface area contributed by atoms with E-state index in [0.717, 1.165) is 13.2 Å². The highest BCUT2D eigenvalue weighted by Gasteiger charge is 2.33. The van der Waals surface area contributed by atoms with Crippen LogP contribution in [0.2, 0.25) is 0 Å². The van der Waals surface area contributed by atoms with E-state index in [-0.39, 0.29) is 5.56 Å². The number of nitrogens with zero attached hydrogens (tertiary/aromatic N) is 2. The lowest BCUT2D eigenvalue weighted by atomic mass is 10.3. The molecule has 0 aromatic carbocycles. The van der Waals surface area contributed by atoms with Crippen molar-refractivity contribution < 1.29 is 27.6 Å². The number of alkyl halides is 3. The molecule has 1 aromatic rings. The molecule has 0 amide bonds. The van der Waals surface area contributed by atoms with Gasteiger partial charge in [0.25, 0.3) is 5.88 Å². The molecule has 0 saturated heterocycles. The Balaban J connectivity index is 3.23. The summed E-state index contributed by atoms with van der Waals surface area (Å²) in [6.45, 7) is 1.21. The molecule has 6 nitrogen and oxygen atoms in total. The van der Waals surface area contributed by atoms with Crippen molar-refractivity contribution in [1.82, 2.24) is 4.98 Å². The Kier molecular flexibility index (Phi) is 3.39. The van der Waals surface area contributed by atoms with Crippen LogP contribution < -0.4 is 9.47 Å². The zero-order chi connectivity index (χ0) is 13.2. The maximum Gasteiger partial charge on any atom is 0.574 e. The minimum Gasteiger partial charge on any atom is -0.476 e. The number of halogens is 3. The molecule has 0 atom stereocenters. The van der Waals surface area contributed by atoms with Crippen LogP contribution in [0.25, 0.3) is 0 Å². The van der Waals surface area contributed by atoms with E-state index >= 15 is 0 Å². The molecule has 0 spiro atoms. The summed E-state index contributed by atoms with van der Waals surface area (Å²) in [4.78, 5) is 13.0. The predicted octanol–water partition coefficient (Wildman–Crippen LogP) is 2.21. The first-order valence-electron chi connectivity index (χ1n) is 4.20. The van der Waals surface area contributed by atoms with E-state index in [1.54, 1.807) is 0 Å². The van der Waals surface area contributed by atoms with Crippen molar-refractivity contribution in [3.8, 4) is 11.8 Å². The second kappa shape index (κ2) is 4.44. The summed E-state index contributed by atoms with van der Waals surface area (Å²) in [5, 5.41) is 10.6. The van der Waals surface area contributed by atoms with Crippen molar-refractivity contribution in [3.63, 3.8) is 0 Å². The van der Waals surface area contributed by atoms with Crippen LogP contribution in [0.4, 0.5) is 18.9 Å². The number of hydrogen-bond acceptors (Lipinski definition) is 5. The zero-order valence-electron chi connectivity index (χ0n) is 8.74. The van der Waals surface area contributed by atoms with Crippen LogP contribution in [-0.2, 0) is 0 Å². The van der Waals surface area contributed by atoms with Gasteiger partial charge in [0.2, 0.25) is 5.88 Å². The van der Waals surface area contributed by atoms with E-state index in [9.17, 15) is 23.3 Å². The first-order chi connectivity index (χ1) is 7.74. The van der Waals surface area contributed by atoms with E-state index in [2.05, 4.69) is 14.5 Å². The second-order valence-electron chi connectivity index (χ2n) is 2.94. The number of aromatic nitrogens is 1. The standard InChI is InChI=1S/C8H7F3N2O4/c1-4-3-5(13(14)15)7(16-2)12-6(4)17-8(9,10)11/h3H,1-2H3. The quantitative estimate of drug-likeness (QED) is 0.609. The molecule has 17 heavy (non-hydrogen) atoms. The fourth-order valence-electron chi connectivity index (χ4n) is 1.06. The molecule has 9 heteroatoms. The molecule has 0 aliphatic carbocycles. The fraction of sp³-hybridized carbons (Fsp3) is 0.375. The van der Waals surface area contributed by atoms with Crippen LogP contribution in [0.15, 0.2) is 6.07 Å². The summed E-state index contributed by atoms with van der Waals surface area (Å²) in [6.07, 6.45) is -4.92. The van der Waals surface area contributed by atoms with Gasteiger partial charge in [-0.05, 0) is 6.92 Å². The van der Waals surface area contributed by atoms with Gasteiger partial charge in [-0.1, -0.05) is 0 Å². The fourth-order valence-corrected chi connectivity index (χ4v) is 1.06. The maximum absolute atomic E-state index is 12.0. The number of aryl methyl sites for hydroxylation is 1. The zero-order valence-corrected chi connectivity index (χ0v) is 8.74. The molecule has 0 bridgehead atoms. The lowest BCUT2D eigenvalue weighted by Gasteiger charge is -2.11. The molecule has 0 N–H and O–H groups in total. The van der Waals surface area contributed by atoms with E-state index in [4.69, 9.17) is 0 Å². The Morgan fingerprint density at radius 1 is 1.41 bits per heavy atom. The SMILES string of the molecule is COc1nc(OC(F)(F)F)c(C)cc1[N+](=O)[O-]. The van der Waals surface area contributed by atoms with Gasteiger partial charge >= 0.3 is 12.0 Å². The highest BCUT2D eigenvalue weighted by atomic mass is 19.4. The summed E-state index contributed by atoms with van der Waals surface area (Å²) in [7, 11) is 1.06. The first-order valence-corrected chi connectivity index (χ1v) is 4.20. The highest BCUT2D eigenvalue weighted by Crippen LogP contribution is 2.32. The van der Waals surface area contributed by atoms with Gasteiger partial charge in [0.15, 0.2) is 0 Å². The van der Waals surface area contributed by atoms with Crippen LogP contribution in [0.1, 0.15) is 5.56 Å². The molecule has 0 fully saturated rings.